The predicted molar refractivity (Wildman–Crippen MR) is 81.1 cm³/mol. The van der Waals surface area contributed by atoms with Crippen LogP contribution in [0.1, 0.15) is 25.8 Å². The van der Waals surface area contributed by atoms with E-state index in [4.69, 9.17) is 0 Å². The summed E-state index contributed by atoms with van der Waals surface area (Å²) in [4.78, 5) is 3.77. The van der Waals surface area contributed by atoms with Gasteiger partial charge in [-0.05, 0) is 43.5 Å². The molecule has 1 N–H and O–H groups in total. The third kappa shape index (κ3) is 3.87. The molecule has 0 spiro atoms. The Morgan fingerprint density at radius 3 is 2.60 bits per heavy atom. The lowest BCUT2D eigenvalue weighted by Crippen LogP contribution is -2.28. The third-order valence-electron chi connectivity index (χ3n) is 3.32. The molecule has 0 saturated heterocycles. The average molecular weight is 272 g/mol. The second kappa shape index (κ2) is 7.15. The van der Waals surface area contributed by atoms with Crippen LogP contribution < -0.4 is 5.32 Å². The summed E-state index contributed by atoms with van der Waals surface area (Å²) in [7, 11) is 0. The largest absolute Gasteiger partial charge is 0.314 e. The van der Waals surface area contributed by atoms with E-state index in [-0.39, 0.29) is 5.82 Å². The number of rotatable bonds is 6. The Hall–Kier alpha value is -1.74. The topological polar surface area (TPSA) is 24.9 Å². The molecule has 2 nitrogen and oxygen atoms in total. The molecule has 20 heavy (non-hydrogen) atoms. The number of hydrogen-bond acceptors (Lipinski definition) is 2. The van der Waals surface area contributed by atoms with Gasteiger partial charge in [0.25, 0.3) is 0 Å². The van der Waals surface area contributed by atoms with E-state index in [0.717, 1.165) is 24.9 Å². The van der Waals surface area contributed by atoms with Gasteiger partial charge in [0.1, 0.15) is 5.82 Å². The molecule has 0 aliphatic heterocycles. The Labute approximate surface area is 120 Å². The Balaban J connectivity index is 2.05. The van der Waals surface area contributed by atoms with Gasteiger partial charge in [0.05, 0.1) is 6.20 Å². The molecule has 1 atom stereocenters. The van der Waals surface area contributed by atoms with Crippen molar-refractivity contribution in [2.45, 2.75) is 32.7 Å². The summed E-state index contributed by atoms with van der Waals surface area (Å²) in [5.41, 5.74) is 2.76. The van der Waals surface area contributed by atoms with Gasteiger partial charge in [0.2, 0.25) is 0 Å². The normalized spacial score (nSPS) is 12.3. The monoisotopic (exact) mass is 272 g/mol. The van der Waals surface area contributed by atoms with Crippen LogP contribution in [0.2, 0.25) is 0 Å². The van der Waals surface area contributed by atoms with Gasteiger partial charge in [-0.2, -0.15) is 0 Å². The Kier molecular flexibility index (Phi) is 5.24. The predicted octanol–water partition coefficient (Wildman–Crippen LogP) is 3.82. The molecule has 0 bridgehead atoms. The fourth-order valence-corrected chi connectivity index (χ4v) is 2.25. The standard InChI is InChI=1S/C17H21FN2/c1-3-9-20-13(2)11-14-4-6-15(7-5-14)16-8-10-19-12-17(16)18/h4-8,10,12-13,20H,3,9,11H2,1-2H3. The molecule has 0 aliphatic carbocycles. The van der Waals surface area contributed by atoms with Crippen LogP contribution >= 0.6 is 0 Å². The Morgan fingerprint density at radius 2 is 1.95 bits per heavy atom. The summed E-state index contributed by atoms with van der Waals surface area (Å²) < 4.78 is 13.7. The summed E-state index contributed by atoms with van der Waals surface area (Å²) in [6, 6.07) is 10.2. The smallest absolute Gasteiger partial charge is 0.149 e. The quantitative estimate of drug-likeness (QED) is 0.864. The van der Waals surface area contributed by atoms with Gasteiger partial charge >= 0.3 is 0 Å². The number of pyridine rings is 1. The first-order valence-corrected chi connectivity index (χ1v) is 7.13. The first-order chi connectivity index (χ1) is 9.70. The van der Waals surface area contributed by atoms with Crippen molar-refractivity contribution in [2.75, 3.05) is 6.54 Å². The van der Waals surface area contributed by atoms with Crippen LogP contribution in [0.5, 0.6) is 0 Å². The number of benzene rings is 1. The van der Waals surface area contributed by atoms with Gasteiger partial charge in [-0.15, -0.1) is 0 Å². The fourth-order valence-electron chi connectivity index (χ4n) is 2.25. The molecule has 1 unspecified atom stereocenters. The first-order valence-electron chi connectivity index (χ1n) is 7.13. The van der Waals surface area contributed by atoms with Crippen molar-refractivity contribution in [2.24, 2.45) is 0 Å². The highest BCUT2D eigenvalue weighted by molar-refractivity contribution is 5.63. The van der Waals surface area contributed by atoms with Crippen molar-refractivity contribution >= 4 is 0 Å². The van der Waals surface area contributed by atoms with E-state index in [1.54, 1.807) is 12.3 Å². The van der Waals surface area contributed by atoms with E-state index in [1.165, 1.54) is 11.8 Å². The first kappa shape index (κ1) is 14.7. The summed E-state index contributed by atoms with van der Waals surface area (Å²) in [6.45, 7) is 5.39. The van der Waals surface area contributed by atoms with Gasteiger partial charge in [-0.1, -0.05) is 31.2 Å². The summed E-state index contributed by atoms with van der Waals surface area (Å²) in [6.07, 6.45) is 4.99. The molecular formula is C17H21FN2. The molecule has 0 aliphatic rings. The van der Waals surface area contributed by atoms with Crippen molar-refractivity contribution in [1.82, 2.24) is 10.3 Å². The van der Waals surface area contributed by atoms with E-state index in [9.17, 15) is 4.39 Å². The van der Waals surface area contributed by atoms with Gasteiger partial charge < -0.3 is 5.32 Å². The van der Waals surface area contributed by atoms with Crippen LogP contribution in [-0.4, -0.2) is 17.6 Å². The van der Waals surface area contributed by atoms with Crippen molar-refractivity contribution < 1.29 is 4.39 Å². The minimum absolute atomic E-state index is 0.279. The molecule has 0 radical (unpaired) electrons. The van der Waals surface area contributed by atoms with Gasteiger partial charge in [0, 0.05) is 17.8 Å². The van der Waals surface area contributed by atoms with E-state index in [0.29, 0.717) is 11.6 Å². The highest BCUT2D eigenvalue weighted by Crippen LogP contribution is 2.22. The molecule has 0 fully saturated rings. The van der Waals surface area contributed by atoms with Crippen LogP contribution in [0.15, 0.2) is 42.7 Å². The number of aromatic nitrogens is 1. The molecule has 3 heteroatoms. The zero-order valence-corrected chi connectivity index (χ0v) is 12.1. The van der Waals surface area contributed by atoms with Gasteiger partial charge in [0.15, 0.2) is 0 Å². The maximum Gasteiger partial charge on any atom is 0.149 e. The van der Waals surface area contributed by atoms with Crippen molar-refractivity contribution in [3.05, 3.63) is 54.1 Å². The summed E-state index contributed by atoms with van der Waals surface area (Å²) in [5.74, 6) is -0.279. The molecule has 1 heterocycles. The van der Waals surface area contributed by atoms with Gasteiger partial charge in [-0.25, -0.2) is 4.39 Å². The van der Waals surface area contributed by atoms with Crippen LogP contribution in [0.4, 0.5) is 4.39 Å². The average Bonchev–Trinajstić information content (AvgIpc) is 2.47. The lowest BCUT2D eigenvalue weighted by atomic mass is 10.0. The Morgan fingerprint density at radius 1 is 1.20 bits per heavy atom. The molecule has 2 rings (SSSR count). The van der Waals surface area contributed by atoms with Crippen molar-refractivity contribution in [1.29, 1.82) is 0 Å². The minimum Gasteiger partial charge on any atom is -0.314 e. The van der Waals surface area contributed by atoms with Crippen molar-refractivity contribution in [3.63, 3.8) is 0 Å². The van der Waals surface area contributed by atoms with Gasteiger partial charge in [-0.3, -0.25) is 4.98 Å². The molecule has 0 saturated carbocycles. The Bertz CT molecular complexity index is 537. The number of hydrogen-bond donors (Lipinski definition) is 1. The lowest BCUT2D eigenvalue weighted by Gasteiger charge is -2.13. The van der Waals surface area contributed by atoms with Crippen molar-refractivity contribution in [3.8, 4) is 11.1 Å². The summed E-state index contributed by atoms with van der Waals surface area (Å²) in [5, 5.41) is 3.47. The maximum atomic E-state index is 13.7. The fraction of sp³-hybridized carbons (Fsp3) is 0.353. The number of halogens is 1. The number of nitrogens with one attached hydrogen (secondary N) is 1. The molecular weight excluding hydrogens is 251 g/mol. The molecule has 0 amide bonds. The van der Waals surface area contributed by atoms with E-state index in [1.807, 2.05) is 12.1 Å². The second-order valence-electron chi connectivity index (χ2n) is 5.11. The highest BCUT2D eigenvalue weighted by Gasteiger charge is 2.06. The maximum absolute atomic E-state index is 13.7. The van der Waals surface area contributed by atoms with E-state index in [2.05, 4.69) is 36.3 Å². The second-order valence-corrected chi connectivity index (χ2v) is 5.11. The summed E-state index contributed by atoms with van der Waals surface area (Å²) >= 11 is 0. The molecule has 2 aromatic rings. The number of nitrogens with zero attached hydrogens (tertiary/aromatic N) is 1. The zero-order chi connectivity index (χ0) is 14.4. The van der Waals surface area contributed by atoms with Crippen LogP contribution in [0.3, 0.4) is 0 Å². The SMILES string of the molecule is CCCNC(C)Cc1ccc(-c2ccncc2F)cc1. The van der Waals surface area contributed by atoms with Crippen LogP contribution in [0.25, 0.3) is 11.1 Å². The van der Waals surface area contributed by atoms with E-state index >= 15 is 0 Å². The van der Waals surface area contributed by atoms with Crippen LogP contribution in [-0.2, 0) is 6.42 Å². The minimum atomic E-state index is -0.279. The molecule has 1 aromatic carbocycles. The molecule has 1 aromatic heterocycles. The highest BCUT2D eigenvalue weighted by atomic mass is 19.1. The van der Waals surface area contributed by atoms with E-state index < -0.39 is 0 Å². The zero-order valence-electron chi connectivity index (χ0n) is 12.1. The lowest BCUT2D eigenvalue weighted by molar-refractivity contribution is 0.543. The van der Waals surface area contributed by atoms with Crippen LogP contribution in [0, 0.1) is 5.82 Å². The molecule has 106 valence electrons. The third-order valence-corrected chi connectivity index (χ3v) is 3.32.